The van der Waals surface area contributed by atoms with Crippen LogP contribution in [0.25, 0.3) is 0 Å². The van der Waals surface area contributed by atoms with Gasteiger partial charge in [0.15, 0.2) is 17.3 Å². The highest BCUT2D eigenvalue weighted by Gasteiger charge is 2.26. The fourth-order valence-electron chi connectivity index (χ4n) is 2.81. The molecule has 1 saturated heterocycles. The number of carboxylic acids is 2. The zero-order chi connectivity index (χ0) is 21.4. The maximum Gasteiger partial charge on any atom is 0.414 e. The Morgan fingerprint density at radius 3 is 2.48 bits per heavy atom. The van der Waals surface area contributed by atoms with Crippen molar-refractivity contribution in [3.05, 3.63) is 47.0 Å². The van der Waals surface area contributed by atoms with Gasteiger partial charge in [-0.05, 0) is 18.6 Å². The van der Waals surface area contributed by atoms with Crippen molar-refractivity contribution >= 4 is 17.8 Å². The lowest BCUT2D eigenvalue weighted by Crippen LogP contribution is -2.31. The minimum absolute atomic E-state index is 0.0567. The van der Waals surface area contributed by atoms with Crippen LogP contribution < -0.4 is 19.9 Å². The second kappa shape index (κ2) is 10.1. The molecule has 1 aliphatic rings. The number of hydrogen-bond acceptors (Lipinski definition) is 7. The van der Waals surface area contributed by atoms with Crippen LogP contribution in [0.5, 0.6) is 11.5 Å². The molecule has 0 amide bonds. The maximum atomic E-state index is 12.1. The van der Waals surface area contributed by atoms with Crippen LogP contribution in [-0.4, -0.2) is 58.5 Å². The molecule has 1 fully saturated rings. The molecular formula is C19H23N3O7. The van der Waals surface area contributed by atoms with Gasteiger partial charge in [-0.1, -0.05) is 12.1 Å². The third kappa shape index (κ3) is 5.96. The molecule has 10 nitrogen and oxygen atoms in total. The summed E-state index contributed by atoms with van der Waals surface area (Å²) in [7, 11) is 3.38. The number of anilines is 1. The number of aryl methyl sites for hydroxylation is 1. The summed E-state index contributed by atoms with van der Waals surface area (Å²) in [5.74, 6) is -1.27. The Morgan fingerprint density at radius 2 is 1.86 bits per heavy atom. The van der Waals surface area contributed by atoms with Crippen molar-refractivity contribution in [1.29, 1.82) is 0 Å². The number of carboxylic acid groups (broad SMARTS) is 2. The van der Waals surface area contributed by atoms with Gasteiger partial charge in [-0.3, -0.25) is 4.79 Å². The Labute approximate surface area is 166 Å². The van der Waals surface area contributed by atoms with Gasteiger partial charge in [0.2, 0.25) is 0 Å². The van der Waals surface area contributed by atoms with Gasteiger partial charge in [0.1, 0.15) is 0 Å². The van der Waals surface area contributed by atoms with Crippen LogP contribution in [-0.2, 0) is 16.6 Å². The standard InChI is InChI=1S/C17H21N3O3.C2H2O4/c1-19-10-8-18-16(17(19)21)20-9-7-13(11-20)12-23-15-6-4-3-5-14(15)22-2;3-1(4)2(5)6/h3-6,8,10,13H,7,9,11-12H2,1-2H3;(H,3,4)(H,5,6). The molecule has 1 unspecified atom stereocenters. The molecular weight excluding hydrogens is 382 g/mol. The molecule has 2 aromatic rings. The van der Waals surface area contributed by atoms with Crippen molar-refractivity contribution < 1.29 is 29.3 Å². The van der Waals surface area contributed by atoms with Gasteiger partial charge in [-0.15, -0.1) is 0 Å². The first-order chi connectivity index (χ1) is 13.8. The summed E-state index contributed by atoms with van der Waals surface area (Å²) in [6.45, 7) is 2.21. The molecule has 1 atom stereocenters. The molecule has 1 aliphatic heterocycles. The zero-order valence-corrected chi connectivity index (χ0v) is 16.1. The van der Waals surface area contributed by atoms with Crippen molar-refractivity contribution in [3.8, 4) is 11.5 Å². The summed E-state index contributed by atoms with van der Waals surface area (Å²) in [5, 5.41) is 14.8. The highest BCUT2D eigenvalue weighted by molar-refractivity contribution is 6.27. The minimum atomic E-state index is -1.82. The van der Waals surface area contributed by atoms with Crippen molar-refractivity contribution in [3.63, 3.8) is 0 Å². The van der Waals surface area contributed by atoms with Gasteiger partial charge in [-0.2, -0.15) is 0 Å². The van der Waals surface area contributed by atoms with Crippen LogP contribution >= 0.6 is 0 Å². The maximum absolute atomic E-state index is 12.1. The number of ether oxygens (including phenoxy) is 2. The second-order valence-electron chi connectivity index (χ2n) is 6.34. The largest absolute Gasteiger partial charge is 0.493 e. The summed E-state index contributed by atoms with van der Waals surface area (Å²) in [5.41, 5.74) is -0.0567. The molecule has 0 saturated carbocycles. The molecule has 156 valence electrons. The van der Waals surface area contributed by atoms with Crippen LogP contribution in [0.4, 0.5) is 5.82 Å². The van der Waals surface area contributed by atoms with E-state index in [1.165, 1.54) is 0 Å². The van der Waals surface area contributed by atoms with Crippen molar-refractivity contribution in [1.82, 2.24) is 9.55 Å². The van der Waals surface area contributed by atoms with E-state index >= 15 is 0 Å². The second-order valence-corrected chi connectivity index (χ2v) is 6.34. The first-order valence-corrected chi connectivity index (χ1v) is 8.82. The Kier molecular flexibility index (Phi) is 7.58. The lowest BCUT2D eigenvalue weighted by Gasteiger charge is -2.17. The molecule has 0 spiro atoms. The molecule has 0 aliphatic carbocycles. The Morgan fingerprint density at radius 1 is 1.21 bits per heavy atom. The molecule has 1 aromatic carbocycles. The first kappa shape index (κ1) is 21.7. The summed E-state index contributed by atoms with van der Waals surface area (Å²) in [6, 6.07) is 7.63. The number of para-hydroxylation sites is 2. The smallest absolute Gasteiger partial charge is 0.414 e. The number of carbonyl (C=O) groups is 2. The van der Waals surface area contributed by atoms with Gasteiger partial charge in [0.05, 0.1) is 13.7 Å². The molecule has 3 rings (SSSR count). The molecule has 2 heterocycles. The number of methoxy groups -OCH3 is 1. The van der Waals surface area contributed by atoms with E-state index in [9.17, 15) is 4.79 Å². The molecule has 0 radical (unpaired) electrons. The van der Waals surface area contributed by atoms with E-state index in [0.717, 1.165) is 31.0 Å². The van der Waals surface area contributed by atoms with Crippen molar-refractivity contribution in [2.24, 2.45) is 13.0 Å². The van der Waals surface area contributed by atoms with E-state index in [-0.39, 0.29) is 5.56 Å². The predicted molar refractivity (Wildman–Crippen MR) is 104 cm³/mol. The van der Waals surface area contributed by atoms with E-state index < -0.39 is 11.9 Å². The van der Waals surface area contributed by atoms with E-state index in [1.54, 1.807) is 31.1 Å². The average molecular weight is 405 g/mol. The monoisotopic (exact) mass is 405 g/mol. The minimum Gasteiger partial charge on any atom is -0.493 e. The topological polar surface area (TPSA) is 131 Å². The quantitative estimate of drug-likeness (QED) is 0.695. The molecule has 0 bridgehead atoms. The van der Waals surface area contributed by atoms with Gasteiger partial charge < -0.3 is 29.2 Å². The summed E-state index contributed by atoms with van der Waals surface area (Å²) in [4.78, 5) is 36.6. The third-order valence-corrected chi connectivity index (χ3v) is 4.31. The molecule has 29 heavy (non-hydrogen) atoms. The Balaban J connectivity index is 0.000000438. The van der Waals surface area contributed by atoms with Crippen LogP contribution in [0.15, 0.2) is 41.5 Å². The highest BCUT2D eigenvalue weighted by atomic mass is 16.5. The van der Waals surface area contributed by atoms with E-state index in [1.807, 2.05) is 29.2 Å². The SMILES string of the molecule is COc1ccccc1OCC1CCN(c2nccn(C)c2=O)C1.O=C(O)C(=O)O. The van der Waals surface area contributed by atoms with Crippen LogP contribution in [0.3, 0.4) is 0 Å². The fourth-order valence-corrected chi connectivity index (χ4v) is 2.81. The van der Waals surface area contributed by atoms with Crippen LogP contribution in [0.2, 0.25) is 0 Å². The number of benzene rings is 1. The van der Waals surface area contributed by atoms with E-state index in [4.69, 9.17) is 29.3 Å². The molecule has 1 aromatic heterocycles. The van der Waals surface area contributed by atoms with Gasteiger partial charge >= 0.3 is 11.9 Å². The molecule has 10 heteroatoms. The number of nitrogens with zero attached hydrogens (tertiary/aromatic N) is 3. The van der Waals surface area contributed by atoms with Gasteiger partial charge in [0.25, 0.3) is 5.56 Å². The lowest BCUT2D eigenvalue weighted by atomic mass is 10.1. The molecule has 2 N–H and O–H groups in total. The highest BCUT2D eigenvalue weighted by Crippen LogP contribution is 2.27. The van der Waals surface area contributed by atoms with Crippen LogP contribution in [0, 0.1) is 5.92 Å². The first-order valence-electron chi connectivity index (χ1n) is 8.82. The van der Waals surface area contributed by atoms with E-state index in [2.05, 4.69) is 4.98 Å². The normalized spacial score (nSPS) is 15.2. The third-order valence-electron chi connectivity index (χ3n) is 4.31. The number of aliphatic carboxylic acids is 2. The average Bonchev–Trinajstić information content (AvgIpc) is 3.18. The summed E-state index contributed by atoms with van der Waals surface area (Å²) in [6.07, 6.45) is 4.31. The zero-order valence-electron chi connectivity index (χ0n) is 16.1. The van der Waals surface area contributed by atoms with Crippen molar-refractivity contribution in [2.45, 2.75) is 6.42 Å². The summed E-state index contributed by atoms with van der Waals surface area (Å²) >= 11 is 0. The van der Waals surface area contributed by atoms with E-state index in [0.29, 0.717) is 18.3 Å². The van der Waals surface area contributed by atoms with Gasteiger partial charge in [0, 0.05) is 38.4 Å². The predicted octanol–water partition coefficient (Wildman–Crippen LogP) is 0.850. The Bertz CT molecular complexity index is 901. The number of aromatic nitrogens is 2. The number of hydrogen-bond donors (Lipinski definition) is 2. The van der Waals surface area contributed by atoms with Gasteiger partial charge in [-0.25, -0.2) is 14.6 Å². The number of rotatable bonds is 5. The Hall–Kier alpha value is -3.56. The summed E-state index contributed by atoms with van der Waals surface area (Å²) < 4.78 is 12.7. The lowest BCUT2D eigenvalue weighted by molar-refractivity contribution is -0.159. The van der Waals surface area contributed by atoms with Crippen molar-refractivity contribution in [2.75, 3.05) is 31.7 Å². The van der Waals surface area contributed by atoms with Crippen LogP contribution in [0.1, 0.15) is 6.42 Å². The fraction of sp³-hybridized carbons (Fsp3) is 0.368.